The molecule has 19 heavy (non-hydrogen) atoms. The maximum atomic E-state index is 12.4. The van der Waals surface area contributed by atoms with Gasteiger partial charge in [0.05, 0.1) is 6.61 Å². The third kappa shape index (κ3) is 3.95. The fourth-order valence-electron chi connectivity index (χ4n) is 2.87. The topological polar surface area (TPSA) is 52.6 Å². The Balaban J connectivity index is 2.82. The lowest BCUT2D eigenvalue weighted by Gasteiger charge is -2.32. The first-order valence-corrected chi connectivity index (χ1v) is 7.26. The summed E-state index contributed by atoms with van der Waals surface area (Å²) in [7, 11) is 0. The van der Waals surface area contributed by atoms with E-state index in [0.717, 1.165) is 32.1 Å². The summed E-state index contributed by atoms with van der Waals surface area (Å²) in [5, 5.41) is 0. The molecular weight excluding hydrogens is 244 g/mol. The van der Waals surface area contributed by atoms with Crippen LogP contribution < -0.4 is 0 Å². The summed E-state index contributed by atoms with van der Waals surface area (Å²) < 4.78 is 10.8. The second-order valence-electron chi connectivity index (χ2n) is 5.89. The average molecular weight is 270 g/mol. The van der Waals surface area contributed by atoms with Gasteiger partial charge in [-0.25, -0.2) is 0 Å². The smallest absolute Gasteiger partial charge is 0.315 e. The quantitative estimate of drug-likeness (QED) is 0.696. The van der Waals surface area contributed by atoms with Gasteiger partial charge in [0.25, 0.3) is 0 Å². The first-order chi connectivity index (χ1) is 8.92. The van der Waals surface area contributed by atoms with Gasteiger partial charge in [-0.1, -0.05) is 27.2 Å². The van der Waals surface area contributed by atoms with Gasteiger partial charge in [-0.2, -0.15) is 0 Å². The molecule has 0 N–H and O–H groups in total. The Morgan fingerprint density at radius 2 is 2.05 bits per heavy atom. The van der Waals surface area contributed by atoms with Crippen LogP contribution in [0.5, 0.6) is 0 Å². The van der Waals surface area contributed by atoms with Gasteiger partial charge in [0.2, 0.25) is 0 Å². The van der Waals surface area contributed by atoms with Gasteiger partial charge < -0.3 is 9.47 Å². The van der Waals surface area contributed by atoms with E-state index in [2.05, 4.69) is 0 Å². The third-order valence-corrected chi connectivity index (χ3v) is 3.66. The van der Waals surface area contributed by atoms with E-state index in [1.165, 1.54) is 6.92 Å². The minimum atomic E-state index is -0.616. The number of carbonyl (C=O) groups is 2. The molecule has 0 bridgehead atoms. The van der Waals surface area contributed by atoms with Crippen molar-refractivity contribution in [3.8, 4) is 0 Å². The zero-order valence-corrected chi connectivity index (χ0v) is 12.5. The predicted octanol–water partition coefficient (Wildman–Crippen LogP) is 3.09. The highest BCUT2D eigenvalue weighted by Crippen LogP contribution is 2.45. The SMILES string of the molecule is CCCC1(C(=O)OCC(C)C)CCCC1OC(C)=O. The number of hydrogen-bond donors (Lipinski definition) is 0. The number of rotatable bonds is 6. The normalized spacial score (nSPS) is 26.5. The molecule has 1 aliphatic rings. The van der Waals surface area contributed by atoms with Crippen molar-refractivity contribution >= 4 is 11.9 Å². The van der Waals surface area contributed by atoms with Crippen molar-refractivity contribution in [1.82, 2.24) is 0 Å². The third-order valence-electron chi connectivity index (χ3n) is 3.66. The Hall–Kier alpha value is -1.06. The van der Waals surface area contributed by atoms with Gasteiger partial charge in [0.1, 0.15) is 11.5 Å². The van der Waals surface area contributed by atoms with Crippen molar-refractivity contribution in [3.63, 3.8) is 0 Å². The Labute approximate surface area is 115 Å². The largest absolute Gasteiger partial charge is 0.465 e. The van der Waals surface area contributed by atoms with Gasteiger partial charge in [-0.3, -0.25) is 9.59 Å². The van der Waals surface area contributed by atoms with E-state index in [0.29, 0.717) is 12.5 Å². The van der Waals surface area contributed by atoms with E-state index in [9.17, 15) is 9.59 Å². The van der Waals surface area contributed by atoms with Crippen molar-refractivity contribution in [3.05, 3.63) is 0 Å². The van der Waals surface area contributed by atoms with Crippen LogP contribution in [-0.4, -0.2) is 24.6 Å². The van der Waals surface area contributed by atoms with Crippen molar-refractivity contribution in [2.24, 2.45) is 11.3 Å². The molecule has 0 radical (unpaired) electrons. The zero-order chi connectivity index (χ0) is 14.5. The monoisotopic (exact) mass is 270 g/mol. The molecular formula is C15H26O4. The van der Waals surface area contributed by atoms with Crippen molar-refractivity contribution in [2.45, 2.75) is 65.9 Å². The summed E-state index contributed by atoms with van der Waals surface area (Å²) in [5.74, 6) is -0.188. The van der Waals surface area contributed by atoms with E-state index >= 15 is 0 Å². The molecule has 1 saturated carbocycles. The van der Waals surface area contributed by atoms with E-state index < -0.39 is 5.41 Å². The summed E-state index contributed by atoms with van der Waals surface area (Å²) in [4.78, 5) is 23.6. The summed E-state index contributed by atoms with van der Waals surface area (Å²) in [6.07, 6.45) is 3.72. The lowest BCUT2D eigenvalue weighted by Crippen LogP contribution is -2.42. The van der Waals surface area contributed by atoms with Crippen LogP contribution >= 0.6 is 0 Å². The van der Waals surface area contributed by atoms with E-state index in [-0.39, 0.29) is 18.0 Å². The van der Waals surface area contributed by atoms with Crippen LogP contribution in [0.2, 0.25) is 0 Å². The van der Waals surface area contributed by atoms with Crippen LogP contribution in [0, 0.1) is 11.3 Å². The summed E-state index contributed by atoms with van der Waals surface area (Å²) in [6.45, 7) is 7.89. The molecule has 0 aromatic rings. The Bertz CT molecular complexity index is 324. The highest BCUT2D eigenvalue weighted by molar-refractivity contribution is 5.79. The van der Waals surface area contributed by atoms with E-state index in [1.54, 1.807) is 0 Å². The molecule has 0 aromatic carbocycles. The Kier molecular flexibility index (Phi) is 5.83. The minimum absolute atomic E-state index is 0.188. The summed E-state index contributed by atoms with van der Waals surface area (Å²) >= 11 is 0. The Morgan fingerprint density at radius 3 is 2.58 bits per heavy atom. The van der Waals surface area contributed by atoms with Gasteiger partial charge in [-0.05, 0) is 31.6 Å². The molecule has 0 amide bonds. The number of ether oxygens (including phenoxy) is 2. The first-order valence-electron chi connectivity index (χ1n) is 7.26. The van der Waals surface area contributed by atoms with Gasteiger partial charge >= 0.3 is 11.9 Å². The van der Waals surface area contributed by atoms with E-state index in [1.807, 2.05) is 20.8 Å². The second-order valence-corrected chi connectivity index (χ2v) is 5.89. The van der Waals surface area contributed by atoms with Crippen LogP contribution in [0.3, 0.4) is 0 Å². The molecule has 1 rings (SSSR count). The van der Waals surface area contributed by atoms with Crippen LogP contribution in [0.15, 0.2) is 0 Å². The van der Waals surface area contributed by atoms with Gasteiger partial charge in [0.15, 0.2) is 0 Å². The molecule has 2 atom stereocenters. The predicted molar refractivity (Wildman–Crippen MR) is 72.5 cm³/mol. The lowest BCUT2D eigenvalue weighted by molar-refractivity contribution is -0.171. The average Bonchev–Trinajstić information content (AvgIpc) is 2.70. The maximum absolute atomic E-state index is 12.4. The van der Waals surface area contributed by atoms with Crippen LogP contribution in [0.25, 0.3) is 0 Å². The standard InChI is InChI=1S/C15H26O4/c1-5-8-15(14(17)18-10-11(2)3)9-6-7-13(15)19-12(4)16/h11,13H,5-10H2,1-4H3. The second kappa shape index (κ2) is 6.92. The lowest BCUT2D eigenvalue weighted by atomic mass is 9.79. The molecule has 0 saturated heterocycles. The van der Waals surface area contributed by atoms with Gasteiger partial charge in [0, 0.05) is 6.92 Å². The summed E-state index contributed by atoms with van der Waals surface area (Å²) in [5.41, 5.74) is -0.616. The van der Waals surface area contributed by atoms with E-state index in [4.69, 9.17) is 9.47 Å². The molecule has 4 nitrogen and oxygen atoms in total. The molecule has 1 fully saturated rings. The molecule has 0 heterocycles. The molecule has 110 valence electrons. The van der Waals surface area contributed by atoms with Crippen molar-refractivity contribution in [2.75, 3.05) is 6.61 Å². The molecule has 0 spiro atoms. The maximum Gasteiger partial charge on any atom is 0.315 e. The van der Waals surface area contributed by atoms with Gasteiger partial charge in [-0.15, -0.1) is 0 Å². The first kappa shape index (κ1) is 16.0. The minimum Gasteiger partial charge on any atom is -0.465 e. The number of hydrogen-bond acceptors (Lipinski definition) is 4. The molecule has 1 aliphatic carbocycles. The van der Waals surface area contributed by atoms with Crippen LogP contribution in [0.1, 0.15) is 59.8 Å². The molecule has 0 aromatic heterocycles. The van der Waals surface area contributed by atoms with Crippen molar-refractivity contribution in [1.29, 1.82) is 0 Å². The molecule has 2 unspecified atom stereocenters. The number of esters is 2. The molecule has 4 heteroatoms. The van der Waals surface area contributed by atoms with Crippen LogP contribution in [-0.2, 0) is 19.1 Å². The fourth-order valence-corrected chi connectivity index (χ4v) is 2.87. The fraction of sp³-hybridized carbons (Fsp3) is 0.867. The molecule has 0 aliphatic heterocycles. The zero-order valence-electron chi connectivity index (χ0n) is 12.5. The Morgan fingerprint density at radius 1 is 1.37 bits per heavy atom. The van der Waals surface area contributed by atoms with Crippen LogP contribution in [0.4, 0.5) is 0 Å². The highest BCUT2D eigenvalue weighted by Gasteiger charge is 2.51. The highest BCUT2D eigenvalue weighted by atomic mass is 16.6. The number of carbonyl (C=O) groups excluding carboxylic acids is 2. The summed E-state index contributed by atoms with van der Waals surface area (Å²) in [6, 6.07) is 0. The van der Waals surface area contributed by atoms with Crippen molar-refractivity contribution < 1.29 is 19.1 Å².